The number of amides is 2. The van der Waals surface area contributed by atoms with Gasteiger partial charge in [-0.3, -0.25) is 4.79 Å². The number of hydrogen-bond donors (Lipinski definition) is 5. The van der Waals surface area contributed by atoms with Crippen molar-refractivity contribution in [3.8, 4) is 0 Å². The lowest BCUT2D eigenvalue weighted by atomic mass is 10.0. The van der Waals surface area contributed by atoms with E-state index < -0.39 is 42.3 Å². The minimum Gasteiger partial charge on any atom is -0.505 e. The lowest BCUT2D eigenvalue weighted by molar-refractivity contribution is -0.154. The highest BCUT2D eigenvalue weighted by molar-refractivity contribution is 8.00. The maximum Gasteiger partial charge on any atom is 0.377 e. The number of carbonyl (C=O) groups is 3. The summed E-state index contributed by atoms with van der Waals surface area (Å²) < 4.78 is 9.51. The predicted molar refractivity (Wildman–Crippen MR) is 93.1 cm³/mol. The first-order chi connectivity index (χ1) is 12.9. The molecular weight excluding hydrogens is 380 g/mol. The monoisotopic (exact) mass is 402 g/mol. The summed E-state index contributed by atoms with van der Waals surface area (Å²) in [5.41, 5.74) is 0. The van der Waals surface area contributed by atoms with E-state index in [1.165, 1.54) is 0 Å². The van der Waals surface area contributed by atoms with Crippen molar-refractivity contribution in [2.45, 2.75) is 55.2 Å². The summed E-state index contributed by atoms with van der Waals surface area (Å²) in [7, 11) is 0. The lowest BCUT2D eigenvalue weighted by Gasteiger charge is -2.17. The molecule has 0 radical (unpaired) electrons. The molecule has 0 bridgehead atoms. The second-order valence-corrected chi connectivity index (χ2v) is 7.95. The Labute approximate surface area is 159 Å². The molecule has 5 N–H and O–H groups in total. The number of esters is 2. The maximum absolute atomic E-state index is 11.8. The first kappa shape index (κ1) is 19.6. The van der Waals surface area contributed by atoms with E-state index in [0.29, 0.717) is 11.7 Å². The van der Waals surface area contributed by atoms with Crippen molar-refractivity contribution in [3.63, 3.8) is 0 Å². The zero-order valence-electron chi connectivity index (χ0n) is 14.4. The van der Waals surface area contributed by atoms with Gasteiger partial charge in [-0.1, -0.05) is 6.42 Å². The molecule has 0 saturated carbocycles. The maximum atomic E-state index is 11.8. The molecule has 11 heteroatoms. The molecule has 0 aromatic heterocycles. The number of hydrogen-bond acceptors (Lipinski definition) is 9. The largest absolute Gasteiger partial charge is 0.505 e. The molecule has 2 amide bonds. The van der Waals surface area contributed by atoms with Crippen LogP contribution in [0.25, 0.3) is 0 Å². The molecule has 2 fully saturated rings. The molecule has 3 aliphatic heterocycles. The van der Waals surface area contributed by atoms with Gasteiger partial charge in [0.25, 0.3) is 0 Å². The summed E-state index contributed by atoms with van der Waals surface area (Å²) in [5, 5.41) is 34.6. The van der Waals surface area contributed by atoms with Crippen LogP contribution in [-0.4, -0.2) is 75.2 Å². The molecule has 3 heterocycles. The van der Waals surface area contributed by atoms with Crippen molar-refractivity contribution in [1.29, 1.82) is 0 Å². The van der Waals surface area contributed by atoms with Crippen LogP contribution in [0.1, 0.15) is 25.7 Å². The molecule has 0 aromatic rings. The van der Waals surface area contributed by atoms with Gasteiger partial charge in [0.05, 0.1) is 12.1 Å². The Morgan fingerprint density at radius 1 is 1.30 bits per heavy atom. The lowest BCUT2D eigenvalue weighted by Crippen LogP contribution is -2.36. The SMILES string of the molecule is O=C1N[C@H]2CSC(CCCCC(=O)OC[C@@H](O)[C@H]3OC(=O)C(O)=C3O)[C@H]2N1. The number of rotatable bonds is 8. The van der Waals surface area contributed by atoms with E-state index in [1.54, 1.807) is 0 Å². The molecular formula is C16H22N2O8S. The summed E-state index contributed by atoms with van der Waals surface area (Å²) in [5.74, 6) is -2.49. The zero-order chi connectivity index (χ0) is 19.6. The number of unbranched alkanes of at least 4 members (excludes halogenated alkanes) is 1. The minimum absolute atomic E-state index is 0.125. The van der Waals surface area contributed by atoms with Crippen LogP contribution < -0.4 is 10.6 Å². The highest BCUT2D eigenvalue weighted by Crippen LogP contribution is 2.33. The first-order valence-corrected chi connectivity index (χ1v) is 9.77. The first-order valence-electron chi connectivity index (χ1n) is 8.72. The van der Waals surface area contributed by atoms with E-state index in [4.69, 9.17) is 4.74 Å². The summed E-state index contributed by atoms with van der Waals surface area (Å²) in [6.45, 7) is -0.464. The van der Waals surface area contributed by atoms with Crippen LogP contribution in [0.3, 0.4) is 0 Å². The minimum atomic E-state index is -1.46. The van der Waals surface area contributed by atoms with Crippen molar-refractivity contribution in [1.82, 2.24) is 10.6 Å². The van der Waals surface area contributed by atoms with Crippen molar-refractivity contribution in [2.24, 2.45) is 0 Å². The number of aliphatic hydroxyl groups excluding tert-OH is 3. The molecule has 0 aromatic carbocycles. The van der Waals surface area contributed by atoms with Crippen LogP contribution >= 0.6 is 11.8 Å². The zero-order valence-corrected chi connectivity index (χ0v) is 15.2. The Bertz CT molecular complexity index is 654. The highest BCUT2D eigenvalue weighted by Gasteiger charge is 2.42. The van der Waals surface area contributed by atoms with Gasteiger partial charge in [-0.15, -0.1) is 0 Å². The molecule has 0 aliphatic carbocycles. The number of aliphatic hydroxyl groups is 3. The average molecular weight is 402 g/mol. The molecule has 3 aliphatic rings. The van der Waals surface area contributed by atoms with Crippen molar-refractivity contribution in [3.05, 3.63) is 11.5 Å². The van der Waals surface area contributed by atoms with Gasteiger partial charge in [0.15, 0.2) is 11.9 Å². The quantitative estimate of drug-likeness (QED) is 0.212. The fraction of sp³-hybridized carbons (Fsp3) is 0.688. The fourth-order valence-corrected chi connectivity index (χ4v) is 4.87. The summed E-state index contributed by atoms with van der Waals surface area (Å²) in [4.78, 5) is 34.2. The van der Waals surface area contributed by atoms with Gasteiger partial charge in [-0.25, -0.2) is 9.59 Å². The van der Waals surface area contributed by atoms with Gasteiger partial charge in [0.2, 0.25) is 5.76 Å². The van der Waals surface area contributed by atoms with E-state index in [0.717, 1.165) is 18.6 Å². The molecule has 10 nitrogen and oxygen atoms in total. The second-order valence-electron chi connectivity index (χ2n) is 6.68. The summed E-state index contributed by atoms with van der Waals surface area (Å²) in [6.07, 6.45) is -0.457. The van der Waals surface area contributed by atoms with Crippen molar-refractivity contribution in [2.75, 3.05) is 12.4 Å². The summed E-state index contributed by atoms with van der Waals surface area (Å²) in [6, 6.07) is 0.184. The molecule has 150 valence electrons. The normalized spacial score (nSPS) is 30.6. The van der Waals surface area contributed by atoms with Crippen molar-refractivity contribution < 1.29 is 39.2 Å². The van der Waals surface area contributed by atoms with E-state index >= 15 is 0 Å². The van der Waals surface area contributed by atoms with Crippen LogP contribution in [0, 0.1) is 0 Å². The smallest absolute Gasteiger partial charge is 0.377 e. The van der Waals surface area contributed by atoms with Gasteiger partial charge < -0.3 is 35.4 Å². The van der Waals surface area contributed by atoms with E-state index in [1.807, 2.05) is 11.8 Å². The van der Waals surface area contributed by atoms with Crippen molar-refractivity contribution >= 4 is 29.7 Å². The number of cyclic esters (lactones) is 1. The Balaban J connectivity index is 1.30. The van der Waals surface area contributed by atoms with Crippen LogP contribution in [0.4, 0.5) is 4.79 Å². The number of urea groups is 1. The van der Waals surface area contributed by atoms with Crippen LogP contribution in [0.5, 0.6) is 0 Å². The standard InChI is InChI=1S/C16H22N2O8S/c19-8(14-12(21)13(22)15(23)26-14)5-25-10(20)4-2-1-3-9-11-7(6-27-9)17-16(24)18-11/h7-9,11,14,19,21-22H,1-6H2,(H2,17,18,24)/t7-,8+,9?,11-,14+/m0/s1. The Morgan fingerprint density at radius 2 is 2.07 bits per heavy atom. The average Bonchev–Trinajstić information content (AvgIpc) is 3.26. The number of thioether (sulfide) groups is 1. The van der Waals surface area contributed by atoms with Crippen LogP contribution in [0.15, 0.2) is 11.5 Å². The number of fused-ring (bicyclic) bond motifs is 1. The van der Waals surface area contributed by atoms with Gasteiger partial charge in [-0.2, -0.15) is 11.8 Å². The molecule has 3 rings (SSSR count). The van der Waals surface area contributed by atoms with E-state index in [2.05, 4.69) is 15.4 Å². The molecule has 2 saturated heterocycles. The molecule has 5 atom stereocenters. The number of carbonyl (C=O) groups excluding carboxylic acids is 3. The van der Waals surface area contributed by atoms with Crippen LogP contribution in [-0.2, 0) is 19.1 Å². The summed E-state index contributed by atoms with van der Waals surface area (Å²) >= 11 is 1.81. The van der Waals surface area contributed by atoms with Gasteiger partial charge >= 0.3 is 18.0 Å². The number of ether oxygens (including phenoxy) is 2. The van der Waals surface area contributed by atoms with Gasteiger partial charge in [-0.05, 0) is 12.8 Å². The predicted octanol–water partition coefficient (Wildman–Crippen LogP) is -0.131. The van der Waals surface area contributed by atoms with Gasteiger partial charge in [0.1, 0.15) is 12.7 Å². The van der Waals surface area contributed by atoms with E-state index in [9.17, 15) is 29.7 Å². The molecule has 27 heavy (non-hydrogen) atoms. The number of nitrogens with one attached hydrogen (secondary N) is 2. The van der Waals surface area contributed by atoms with E-state index in [-0.39, 0.29) is 24.5 Å². The third-order valence-electron chi connectivity index (χ3n) is 4.76. The highest BCUT2D eigenvalue weighted by atomic mass is 32.2. The second kappa shape index (κ2) is 8.26. The van der Waals surface area contributed by atoms with Gasteiger partial charge in [0, 0.05) is 17.4 Å². The molecule has 0 spiro atoms. The topological polar surface area (TPSA) is 154 Å². The fourth-order valence-electron chi connectivity index (χ4n) is 3.32. The van der Waals surface area contributed by atoms with Crippen LogP contribution in [0.2, 0.25) is 0 Å². The Kier molecular flexibility index (Phi) is 6.00. The Hall–Kier alpha value is -2.14. The Morgan fingerprint density at radius 3 is 2.78 bits per heavy atom. The third kappa shape index (κ3) is 4.41. The molecule has 1 unspecified atom stereocenters. The third-order valence-corrected chi connectivity index (χ3v) is 6.27.